The Morgan fingerprint density at radius 2 is 2.31 bits per heavy atom. The van der Waals surface area contributed by atoms with Gasteiger partial charge < -0.3 is 5.32 Å². The van der Waals surface area contributed by atoms with E-state index in [1.54, 1.807) is 16.4 Å². The van der Waals surface area contributed by atoms with Crippen molar-refractivity contribution in [1.82, 2.24) is 15.0 Å². The maximum absolute atomic E-state index is 4.02. The largest absolute Gasteiger partial charge is 0.379 e. The number of hydrogen-bond donors (Lipinski definition) is 1. The summed E-state index contributed by atoms with van der Waals surface area (Å²) < 4.78 is 1.70. The van der Waals surface area contributed by atoms with Crippen LogP contribution in [0, 0.1) is 0 Å². The fourth-order valence-electron chi connectivity index (χ4n) is 1.40. The van der Waals surface area contributed by atoms with Gasteiger partial charge in [-0.3, -0.25) is 4.68 Å². The van der Waals surface area contributed by atoms with Gasteiger partial charge in [-0.15, -0.1) is 16.9 Å². The molecule has 1 N–H and O–H groups in total. The van der Waals surface area contributed by atoms with Crippen molar-refractivity contribution >= 4 is 17.4 Å². The molecule has 0 fully saturated rings. The SMILES string of the molecule is CSc1cccc(NCc2cn(C)nn2)c1. The van der Waals surface area contributed by atoms with Crippen LogP contribution in [-0.2, 0) is 13.6 Å². The van der Waals surface area contributed by atoms with Crippen molar-refractivity contribution in [2.75, 3.05) is 11.6 Å². The molecule has 0 aliphatic carbocycles. The Morgan fingerprint density at radius 1 is 1.44 bits per heavy atom. The van der Waals surface area contributed by atoms with E-state index in [1.807, 2.05) is 19.3 Å². The Hall–Kier alpha value is -1.49. The maximum atomic E-state index is 4.02. The minimum atomic E-state index is 0.700. The first kappa shape index (κ1) is 11.0. The van der Waals surface area contributed by atoms with E-state index < -0.39 is 0 Å². The van der Waals surface area contributed by atoms with Crippen molar-refractivity contribution in [3.8, 4) is 0 Å². The van der Waals surface area contributed by atoms with E-state index >= 15 is 0 Å². The van der Waals surface area contributed by atoms with Gasteiger partial charge in [-0.05, 0) is 24.5 Å². The summed E-state index contributed by atoms with van der Waals surface area (Å²) in [7, 11) is 1.87. The highest BCUT2D eigenvalue weighted by molar-refractivity contribution is 7.98. The molecule has 0 spiro atoms. The van der Waals surface area contributed by atoms with Gasteiger partial charge in [0.25, 0.3) is 0 Å². The minimum absolute atomic E-state index is 0.700. The molecule has 2 aromatic rings. The summed E-state index contributed by atoms with van der Waals surface area (Å²) in [5, 5.41) is 11.2. The zero-order valence-corrected chi connectivity index (χ0v) is 10.2. The highest BCUT2D eigenvalue weighted by atomic mass is 32.2. The van der Waals surface area contributed by atoms with Crippen molar-refractivity contribution in [2.45, 2.75) is 11.4 Å². The molecule has 0 saturated carbocycles. The minimum Gasteiger partial charge on any atom is -0.379 e. The van der Waals surface area contributed by atoms with Crippen molar-refractivity contribution in [2.24, 2.45) is 7.05 Å². The molecule has 1 aromatic carbocycles. The van der Waals surface area contributed by atoms with Gasteiger partial charge in [0.2, 0.25) is 0 Å². The van der Waals surface area contributed by atoms with Crippen molar-refractivity contribution in [1.29, 1.82) is 0 Å². The van der Waals surface area contributed by atoms with Crippen LogP contribution in [0.3, 0.4) is 0 Å². The molecule has 0 aliphatic heterocycles. The number of nitrogens with zero attached hydrogens (tertiary/aromatic N) is 3. The summed E-state index contributed by atoms with van der Waals surface area (Å²) in [6.07, 6.45) is 3.98. The Morgan fingerprint density at radius 3 is 3.00 bits per heavy atom. The van der Waals surface area contributed by atoms with Crippen LogP contribution < -0.4 is 5.32 Å². The van der Waals surface area contributed by atoms with Crippen LogP contribution in [0.25, 0.3) is 0 Å². The summed E-state index contributed by atoms with van der Waals surface area (Å²) >= 11 is 1.74. The average Bonchev–Trinajstić information content (AvgIpc) is 2.73. The van der Waals surface area contributed by atoms with Crippen LogP contribution >= 0.6 is 11.8 Å². The van der Waals surface area contributed by atoms with Crippen molar-refractivity contribution < 1.29 is 0 Å². The molecule has 16 heavy (non-hydrogen) atoms. The van der Waals surface area contributed by atoms with Crippen LogP contribution in [-0.4, -0.2) is 21.2 Å². The topological polar surface area (TPSA) is 42.7 Å². The fraction of sp³-hybridized carbons (Fsp3) is 0.273. The van der Waals surface area contributed by atoms with Crippen LogP contribution in [0.4, 0.5) is 5.69 Å². The van der Waals surface area contributed by atoms with Crippen LogP contribution in [0.15, 0.2) is 35.4 Å². The molecule has 84 valence electrons. The summed E-state index contributed by atoms with van der Waals surface area (Å²) in [5.74, 6) is 0. The van der Waals surface area contributed by atoms with Gasteiger partial charge in [0.05, 0.1) is 6.54 Å². The summed E-state index contributed by atoms with van der Waals surface area (Å²) in [4.78, 5) is 1.25. The lowest BCUT2D eigenvalue weighted by molar-refractivity contribution is 0.713. The van der Waals surface area contributed by atoms with Gasteiger partial charge in [0, 0.05) is 23.8 Å². The van der Waals surface area contributed by atoms with E-state index in [1.165, 1.54) is 4.90 Å². The molecule has 0 unspecified atom stereocenters. The standard InChI is InChI=1S/C11H14N4S/c1-15-8-10(13-14-15)7-12-9-4-3-5-11(6-9)16-2/h3-6,8,12H,7H2,1-2H3. The van der Waals surface area contributed by atoms with E-state index in [4.69, 9.17) is 0 Å². The third kappa shape index (κ3) is 2.76. The monoisotopic (exact) mass is 234 g/mol. The van der Waals surface area contributed by atoms with E-state index in [0.29, 0.717) is 6.54 Å². The second-order valence-corrected chi connectivity index (χ2v) is 4.35. The fourth-order valence-corrected chi connectivity index (χ4v) is 1.86. The first-order valence-corrected chi connectivity index (χ1v) is 6.23. The summed E-state index contributed by atoms with van der Waals surface area (Å²) in [6, 6.07) is 8.32. The average molecular weight is 234 g/mol. The molecule has 0 radical (unpaired) electrons. The molecule has 0 bridgehead atoms. The van der Waals surface area contributed by atoms with Crippen molar-refractivity contribution in [3.05, 3.63) is 36.2 Å². The lowest BCUT2D eigenvalue weighted by atomic mass is 10.3. The summed E-state index contributed by atoms with van der Waals surface area (Å²) in [5.41, 5.74) is 2.05. The van der Waals surface area contributed by atoms with Gasteiger partial charge in [0.1, 0.15) is 5.69 Å². The lowest BCUT2D eigenvalue weighted by Gasteiger charge is -2.05. The number of anilines is 1. The Labute approximate surface area is 99.1 Å². The molecule has 1 aromatic heterocycles. The molecule has 2 rings (SSSR count). The molecule has 0 atom stereocenters. The third-order valence-corrected chi connectivity index (χ3v) is 2.92. The normalized spacial score (nSPS) is 10.4. The first-order chi connectivity index (χ1) is 7.78. The molecule has 0 saturated heterocycles. The number of thioether (sulfide) groups is 1. The number of hydrogen-bond acceptors (Lipinski definition) is 4. The number of aryl methyl sites for hydroxylation is 1. The van der Waals surface area contributed by atoms with Gasteiger partial charge in [-0.2, -0.15) is 0 Å². The Bertz CT molecular complexity index is 467. The number of aromatic nitrogens is 3. The molecular weight excluding hydrogens is 220 g/mol. The smallest absolute Gasteiger partial charge is 0.102 e. The highest BCUT2D eigenvalue weighted by Gasteiger charge is 1.98. The Kier molecular flexibility index (Phi) is 3.46. The van der Waals surface area contributed by atoms with E-state index in [0.717, 1.165) is 11.4 Å². The van der Waals surface area contributed by atoms with E-state index in [-0.39, 0.29) is 0 Å². The summed E-state index contributed by atoms with van der Waals surface area (Å²) in [6.45, 7) is 0.700. The van der Waals surface area contributed by atoms with E-state index in [9.17, 15) is 0 Å². The third-order valence-electron chi connectivity index (χ3n) is 2.19. The molecule has 5 heteroatoms. The molecule has 0 aliphatic rings. The quantitative estimate of drug-likeness (QED) is 0.823. The van der Waals surface area contributed by atoms with Crippen LogP contribution in [0.2, 0.25) is 0 Å². The zero-order valence-electron chi connectivity index (χ0n) is 9.34. The molecular formula is C11H14N4S. The Balaban J connectivity index is 1.99. The molecule has 0 amide bonds. The molecule has 1 heterocycles. The van der Waals surface area contributed by atoms with E-state index in [2.05, 4.69) is 40.1 Å². The zero-order chi connectivity index (χ0) is 11.4. The van der Waals surface area contributed by atoms with Crippen LogP contribution in [0.1, 0.15) is 5.69 Å². The van der Waals surface area contributed by atoms with Crippen LogP contribution in [0.5, 0.6) is 0 Å². The van der Waals surface area contributed by atoms with Crippen molar-refractivity contribution in [3.63, 3.8) is 0 Å². The molecule has 4 nitrogen and oxygen atoms in total. The second-order valence-electron chi connectivity index (χ2n) is 3.47. The number of rotatable bonds is 4. The van der Waals surface area contributed by atoms with Gasteiger partial charge in [-0.25, -0.2) is 0 Å². The predicted octanol–water partition coefficient (Wildman–Crippen LogP) is 2.15. The van der Waals surface area contributed by atoms with Gasteiger partial charge in [0.15, 0.2) is 0 Å². The maximum Gasteiger partial charge on any atom is 0.102 e. The first-order valence-electron chi connectivity index (χ1n) is 5.01. The van der Waals surface area contributed by atoms with Gasteiger partial charge >= 0.3 is 0 Å². The van der Waals surface area contributed by atoms with Gasteiger partial charge in [-0.1, -0.05) is 11.3 Å². The number of benzene rings is 1. The predicted molar refractivity (Wildman–Crippen MR) is 66.6 cm³/mol. The highest BCUT2D eigenvalue weighted by Crippen LogP contribution is 2.19. The number of nitrogens with one attached hydrogen (secondary N) is 1. The lowest BCUT2D eigenvalue weighted by Crippen LogP contribution is -1.99. The second kappa shape index (κ2) is 5.03.